The van der Waals surface area contributed by atoms with Crippen LogP contribution in [0.3, 0.4) is 0 Å². The highest BCUT2D eigenvalue weighted by Crippen LogP contribution is 2.20. The first-order chi connectivity index (χ1) is 6.31. The standard InChI is InChI=1S/C11H13NO/c1-2-11(13)10-7-6-8-4-3-5-9(8)12-10/h6-7H,2-5H2,1H3. The molecule has 2 heteroatoms. The molecule has 2 nitrogen and oxygen atoms in total. The Hall–Kier alpha value is -1.18. The summed E-state index contributed by atoms with van der Waals surface area (Å²) in [4.78, 5) is 15.7. The van der Waals surface area contributed by atoms with E-state index in [4.69, 9.17) is 0 Å². The molecule has 0 N–H and O–H groups in total. The Balaban J connectivity index is 2.36. The molecule has 0 bridgehead atoms. The van der Waals surface area contributed by atoms with Gasteiger partial charge in [-0.15, -0.1) is 0 Å². The number of fused-ring (bicyclic) bond motifs is 1. The molecule has 13 heavy (non-hydrogen) atoms. The summed E-state index contributed by atoms with van der Waals surface area (Å²) in [5.74, 6) is 0.148. The first kappa shape index (κ1) is 8.42. The summed E-state index contributed by atoms with van der Waals surface area (Å²) in [5.41, 5.74) is 3.11. The Morgan fingerprint density at radius 1 is 1.46 bits per heavy atom. The van der Waals surface area contributed by atoms with Crippen LogP contribution >= 0.6 is 0 Å². The van der Waals surface area contributed by atoms with Gasteiger partial charge >= 0.3 is 0 Å². The molecule has 1 aliphatic carbocycles. The van der Waals surface area contributed by atoms with Crippen LogP contribution in [0.4, 0.5) is 0 Å². The smallest absolute Gasteiger partial charge is 0.180 e. The minimum atomic E-state index is 0.148. The van der Waals surface area contributed by atoms with Crippen molar-refractivity contribution in [3.63, 3.8) is 0 Å². The van der Waals surface area contributed by atoms with Crippen molar-refractivity contribution >= 4 is 5.78 Å². The van der Waals surface area contributed by atoms with Crippen LogP contribution in [0.25, 0.3) is 0 Å². The summed E-state index contributed by atoms with van der Waals surface area (Å²) in [6, 6.07) is 3.91. The molecule has 0 saturated heterocycles. The zero-order valence-corrected chi connectivity index (χ0v) is 7.84. The highest BCUT2D eigenvalue weighted by Gasteiger charge is 2.14. The molecule has 0 spiro atoms. The number of nitrogens with zero attached hydrogens (tertiary/aromatic N) is 1. The molecule has 0 atom stereocenters. The Bertz CT molecular complexity index is 344. The summed E-state index contributed by atoms with van der Waals surface area (Å²) < 4.78 is 0. The zero-order valence-electron chi connectivity index (χ0n) is 7.84. The largest absolute Gasteiger partial charge is 0.292 e. The molecular formula is C11H13NO. The maximum atomic E-state index is 11.4. The van der Waals surface area contributed by atoms with E-state index in [1.54, 1.807) is 0 Å². The molecule has 1 aliphatic rings. The van der Waals surface area contributed by atoms with Crippen LogP contribution < -0.4 is 0 Å². The van der Waals surface area contributed by atoms with Crippen molar-refractivity contribution in [2.24, 2.45) is 0 Å². The molecule has 1 heterocycles. The van der Waals surface area contributed by atoms with Crippen LogP contribution in [0.15, 0.2) is 12.1 Å². The number of hydrogen-bond donors (Lipinski definition) is 0. The van der Waals surface area contributed by atoms with Gasteiger partial charge in [-0.3, -0.25) is 4.79 Å². The average molecular weight is 175 g/mol. The quantitative estimate of drug-likeness (QED) is 0.645. The van der Waals surface area contributed by atoms with Crippen molar-refractivity contribution in [2.75, 3.05) is 0 Å². The van der Waals surface area contributed by atoms with Crippen molar-refractivity contribution in [3.05, 3.63) is 29.1 Å². The third kappa shape index (κ3) is 1.48. The number of ketones is 1. The minimum absolute atomic E-state index is 0.148. The molecule has 1 aromatic rings. The van der Waals surface area contributed by atoms with E-state index in [9.17, 15) is 4.79 Å². The van der Waals surface area contributed by atoms with Gasteiger partial charge in [0.15, 0.2) is 5.78 Å². The second-order valence-corrected chi connectivity index (χ2v) is 3.43. The van der Waals surface area contributed by atoms with E-state index in [1.807, 2.05) is 13.0 Å². The molecule has 0 amide bonds. The molecule has 0 radical (unpaired) electrons. The highest BCUT2D eigenvalue weighted by molar-refractivity contribution is 5.94. The van der Waals surface area contributed by atoms with Crippen LogP contribution in [-0.2, 0) is 12.8 Å². The van der Waals surface area contributed by atoms with Crippen molar-refractivity contribution in [3.8, 4) is 0 Å². The van der Waals surface area contributed by atoms with Crippen molar-refractivity contribution in [1.82, 2.24) is 4.98 Å². The van der Waals surface area contributed by atoms with Crippen LogP contribution in [0.1, 0.15) is 41.5 Å². The van der Waals surface area contributed by atoms with E-state index < -0.39 is 0 Å². The SMILES string of the molecule is CCC(=O)c1ccc2c(n1)CCC2. The topological polar surface area (TPSA) is 30.0 Å². The van der Waals surface area contributed by atoms with E-state index >= 15 is 0 Å². The number of carbonyl (C=O) groups is 1. The summed E-state index contributed by atoms with van der Waals surface area (Å²) in [7, 11) is 0. The monoisotopic (exact) mass is 175 g/mol. The van der Waals surface area contributed by atoms with Crippen LogP contribution in [0.5, 0.6) is 0 Å². The molecule has 0 aliphatic heterocycles. The number of rotatable bonds is 2. The van der Waals surface area contributed by atoms with Crippen LogP contribution in [-0.4, -0.2) is 10.8 Å². The van der Waals surface area contributed by atoms with Crippen LogP contribution in [0.2, 0.25) is 0 Å². The van der Waals surface area contributed by atoms with Crippen molar-refractivity contribution < 1.29 is 4.79 Å². The van der Waals surface area contributed by atoms with Gasteiger partial charge in [-0.25, -0.2) is 4.98 Å². The Labute approximate surface area is 78.0 Å². The fourth-order valence-corrected chi connectivity index (χ4v) is 1.76. The van der Waals surface area contributed by atoms with Gasteiger partial charge in [-0.05, 0) is 30.9 Å². The molecule has 0 unspecified atom stereocenters. The van der Waals surface area contributed by atoms with E-state index in [1.165, 1.54) is 12.0 Å². The second kappa shape index (κ2) is 3.29. The predicted octanol–water partition coefficient (Wildman–Crippen LogP) is 2.16. The lowest BCUT2D eigenvalue weighted by atomic mass is 10.1. The van der Waals surface area contributed by atoms with Gasteiger partial charge in [0.1, 0.15) is 5.69 Å². The Kier molecular flexibility index (Phi) is 2.13. The highest BCUT2D eigenvalue weighted by atomic mass is 16.1. The van der Waals surface area contributed by atoms with Gasteiger partial charge < -0.3 is 0 Å². The summed E-state index contributed by atoms with van der Waals surface area (Å²) >= 11 is 0. The first-order valence-corrected chi connectivity index (χ1v) is 4.83. The van der Waals surface area contributed by atoms with Gasteiger partial charge in [0.05, 0.1) is 0 Å². The van der Waals surface area contributed by atoms with Crippen LogP contribution in [0, 0.1) is 0 Å². The molecule has 1 aromatic heterocycles. The summed E-state index contributed by atoms with van der Waals surface area (Å²) in [6.07, 6.45) is 3.90. The first-order valence-electron chi connectivity index (χ1n) is 4.83. The van der Waals surface area contributed by atoms with Gasteiger partial charge in [0.25, 0.3) is 0 Å². The molecule has 68 valence electrons. The van der Waals surface area contributed by atoms with E-state index in [0.29, 0.717) is 12.1 Å². The number of aryl methyl sites for hydroxylation is 2. The molecule has 0 aromatic carbocycles. The number of hydrogen-bond acceptors (Lipinski definition) is 2. The Morgan fingerprint density at radius 3 is 3.08 bits per heavy atom. The van der Waals surface area contributed by atoms with Gasteiger partial charge in [-0.1, -0.05) is 13.0 Å². The predicted molar refractivity (Wildman–Crippen MR) is 50.9 cm³/mol. The fraction of sp³-hybridized carbons (Fsp3) is 0.455. The summed E-state index contributed by atoms with van der Waals surface area (Å²) in [6.45, 7) is 1.87. The van der Waals surface area contributed by atoms with E-state index in [2.05, 4.69) is 11.1 Å². The normalized spacial score (nSPS) is 14.2. The Morgan fingerprint density at radius 2 is 2.31 bits per heavy atom. The molecule has 2 rings (SSSR count). The average Bonchev–Trinajstić information content (AvgIpc) is 2.63. The van der Waals surface area contributed by atoms with E-state index in [0.717, 1.165) is 18.5 Å². The third-order valence-electron chi connectivity index (χ3n) is 2.53. The number of carbonyl (C=O) groups excluding carboxylic acids is 1. The number of aromatic nitrogens is 1. The molecular weight excluding hydrogens is 162 g/mol. The minimum Gasteiger partial charge on any atom is -0.292 e. The number of Topliss-reactive ketones (excluding diaryl/α,β-unsaturated/α-hetero) is 1. The lowest BCUT2D eigenvalue weighted by Crippen LogP contribution is -2.02. The summed E-state index contributed by atoms with van der Waals surface area (Å²) in [5, 5.41) is 0. The molecule has 0 fully saturated rings. The zero-order chi connectivity index (χ0) is 9.26. The second-order valence-electron chi connectivity index (χ2n) is 3.43. The fourth-order valence-electron chi connectivity index (χ4n) is 1.76. The van der Waals surface area contributed by atoms with Crippen molar-refractivity contribution in [1.29, 1.82) is 0 Å². The van der Waals surface area contributed by atoms with E-state index in [-0.39, 0.29) is 5.78 Å². The van der Waals surface area contributed by atoms with Gasteiger partial charge in [0.2, 0.25) is 0 Å². The van der Waals surface area contributed by atoms with Crippen molar-refractivity contribution in [2.45, 2.75) is 32.6 Å². The third-order valence-corrected chi connectivity index (χ3v) is 2.53. The number of pyridine rings is 1. The van der Waals surface area contributed by atoms with Gasteiger partial charge in [0, 0.05) is 12.1 Å². The maximum absolute atomic E-state index is 11.4. The van der Waals surface area contributed by atoms with Gasteiger partial charge in [-0.2, -0.15) is 0 Å². The molecule has 0 saturated carbocycles. The lowest BCUT2D eigenvalue weighted by Gasteiger charge is -2.00. The maximum Gasteiger partial charge on any atom is 0.180 e. The lowest BCUT2D eigenvalue weighted by molar-refractivity contribution is 0.0983.